The number of carbonyl (C=O) groups is 2. The lowest BCUT2D eigenvalue weighted by Crippen LogP contribution is -2.50. The summed E-state index contributed by atoms with van der Waals surface area (Å²) in [6, 6.07) is 15.0. The van der Waals surface area contributed by atoms with Crippen LogP contribution in [-0.2, 0) is 15.1 Å². The molecule has 5 rings (SSSR count). The highest BCUT2D eigenvalue weighted by Crippen LogP contribution is 2.44. The molecule has 1 unspecified atom stereocenters. The Hall–Kier alpha value is -3.08. The van der Waals surface area contributed by atoms with Crippen LogP contribution in [-0.4, -0.2) is 22.8 Å². The fraction of sp³-hybridized carbons (Fsp3) is 0.407. The van der Waals surface area contributed by atoms with Crippen molar-refractivity contribution in [3.8, 4) is 0 Å². The number of hydrogen-bond acceptors (Lipinski definition) is 4. The molecular formula is C27H30N2O3. The van der Waals surface area contributed by atoms with E-state index >= 15 is 0 Å². The van der Waals surface area contributed by atoms with E-state index in [0.717, 1.165) is 30.2 Å². The molecule has 1 aliphatic carbocycles. The maximum absolute atomic E-state index is 14.0. The Morgan fingerprint density at radius 2 is 1.84 bits per heavy atom. The fourth-order valence-electron chi connectivity index (χ4n) is 5.55. The predicted octanol–water partition coefficient (Wildman–Crippen LogP) is 5.68. The van der Waals surface area contributed by atoms with E-state index in [0.29, 0.717) is 34.6 Å². The molecule has 0 amide bonds. The molecule has 4 atom stereocenters. The average Bonchev–Trinajstić information content (AvgIpc) is 3.33. The quantitative estimate of drug-likeness (QED) is 0.413. The molecule has 166 valence electrons. The largest absolute Gasteiger partial charge is 0.460 e. The van der Waals surface area contributed by atoms with Gasteiger partial charge in [0, 0.05) is 33.9 Å². The van der Waals surface area contributed by atoms with Crippen LogP contribution >= 0.6 is 0 Å². The standard InChI is InChI=1S/C27H30N2O3/c1-16(2)18-13-12-17(3)14-24(18)32-26(31)27(21-15-28-22-10-6-4-8-19(21)22)25(30)20-9-5-7-11-23(20)29-27/h4-11,15-18,24,28-29H,12-14H2,1-3H3/t17-,18+,24-,27?/m1/s1. The summed E-state index contributed by atoms with van der Waals surface area (Å²) in [4.78, 5) is 31.1. The first-order chi connectivity index (χ1) is 15.4. The van der Waals surface area contributed by atoms with Crippen molar-refractivity contribution in [1.82, 2.24) is 4.98 Å². The molecule has 32 heavy (non-hydrogen) atoms. The van der Waals surface area contributed by atoms with Crippen LogP contribution in [0.25, 0.3) is 10.9 Å². The molecule has 3 aromatic rings. The molecule has 1 aromatic heterocycles. The van der Waals surface area contributed by atoms with Gasteiger partial charge in [0.25, 0.3) is 0 Å². The lowest BCUT2D eigenvalue weighted by Gasteiger charge is -2.38. The molecule has 1 aliphatic heterocycles. The number of rotatable bonds is 4. The highest BCUT2D eigenvalue weighted by atomic mass is 16.5. The van der Waals surface area contributed by atoms with E-state index in [1.807, 2.05) is 42.5 Å². The van der Waals surface area contributed by atoms with E-state index in [9.17, 15) is 9.59 Å². The second kappa shape index (κ2) is 7.80. The van der Waals surface area contributed by atoms with Crippen molar-refractivity contribution in [2.24, 2.45) is 17.8 Å². The first-order valence-electron chi connectivity index (χ1n) is 11.6. The van der Waals surface area contributed by atoms with Crippen molar-refractivity contribution in [3.63, 3.8) is 0 Å². The minimum atomic E-state index is -1.59. The molecule has 0 saturated heterocycles. The molecular weight excluding hydrogens is 400 g/mol. The van der Waals surface area contributed by atoms with Crippen molar-refractivity contribution >= 4 is 28.3 Å². The van der Waals surface area contributed by atoms with Gasteiger partial charge < -0.3 is 15.0 Å². The van der Waals surface area contributed by atoms with Crippen molar-refractivity contribution in [1.29, 1.82) is 0 Å². The minimum Gasteiger partial charge on any atom is -0.460 e. The number of ether oxygens (including phenoxy) is 1. The maximum atomic E-state index is 14.0. The Morgan fingerprint density at radius 1 is 1.09 bits per heavy atom. The smallest absolute Gasteiger partial charge is 0.345 e. The number of fused-ring (bicyclic) bond motifs is 2. The third kappa shape index (κ3) is 3.14. The molecule has 0 spiro atoms. The molecule has 2 aromatic carbocycles. The Labute approximate surface area is 188 Å². The first-order valence-corrected chi connectivity index (χ1v) is 11.6. The van der Waals surface area contributed by atoms with Gasteiger partial charge in [-0.05, 0) is 48.8 Å². The number of ketones is 1. The molecule has 2 aliphatic rings. The summed E-state index contributed by atoms with van der Waals surface area (Å²) in [6.45, 7) is 6.58. The molecule has 5 heteroatoms. The summed E-state index contributed by atoms with van der Waals surface area (Å²) in [5, 5.41) is 4.14. The molecule has 1 saturated carbocycles. The molecule has 1 fully saturated rings. The van der Waals surface area contributed by atoms with Crippen molar-refractivity contribution in [3.05, 3.63) is 65.9 Å². The van der Waals surface area contributed by atoms with Crippen LogP contribution in [0.3, 0.4) is 0 Å². The number of aromatic nitrogens is 1. The van der Waals surface area contributed by atoms with Gasteiger partial charge in [0.1, 0.15) is 6.10 Å². The van der Waals surface area contributed by atoms with E-state index in [-0.39, 0.29) is 11.9 Å². The number of anilines is 1. The molecule has 0 bridgehead atoms. The fourth-order valence-corrected chi connectivity index (χ4v) is 5.55. The van der Waals surface area contributed by atoms with E-state index in [2.05, 4.69) is 31.1 Å². The molecule has 0 radical (unpaired) electrons. The van der Waals surface area contributed by atoms with Gasteiger partial charge in [-0.25, -0.2) is 4.79 Å². The van der Waals surface area contributed by atoms with Crippen LogP contribution < -0.4 is 5.32 Å². The maximum Gasteiger partial charge on any atom is 0.345 e. The molecule has 2 heterocycles. The van der Waals surface area contributed by atoms with Gasteiger partial charge in [0.2, 0.25) is 11.3 Å². The van der Waals surface area contributed by atoms with Gasteiger partial charge >= 0.3 is 5.97 Å². The molecule has 5 nitrogen and oxygen atoms in total. The predicted molar refractivity (Wildman–Crippen MR) is 126 cm³/mol. The Morgan fingerprint density at radius 3 is 2.62 bits per heavy atom. The van der Waals surface area contributed by atoms with Gasteiger partial charge in [-0.1, -0.05) is 57.5 Å². The van der Waals surface area contributed by atoms with Gasteiger partial charge in [0.15, 0.2) is 0 Å². The van der Waals surface area contributed by atoms with Crippen LogP contribution in [0.4, 0.5) is 5.69 Å². The zero-order valence-electron chi connectivity index (χ0n) is 18.9. The SMILES string of the molecule is CC(C)[C@@H]1CC[C@@H](C)C[C@H]1OC(=O)C1(c2c[nH]c3ccccc23)Nc2ccccc2C1=O. The van der Waals surface area contributed by atoms with E-state index < -0.39 is 11.5 Å². The number of esters is 1. The van der Waals surface area contributed by atoms with Crippen molar-refractivity contribution in [2.75, 3.05) is 5.32 Å². The number of Topliss-reactive ketones (excluding diaryl/α,β-unsaturated/α-hetero) is 1. The summed E-state index contributed by atoms with van der Waals surface area (Å²) in [7, 11) is 0. The summed E-state index contributed by atoms with van der Waals surface area (Å²) >= 11 is 0. The lowest BCUT2D eigenvalue weighted by atomic mass is 9.75. The van der Waals surface area contributed by atoms with E-state index in [1.165, 1.54) is 0 Å². The third-order valence-corrected chi connectivity index (χ3v) is 7.35. The topological polar surface area (TPSA) is 71.2 Å². The number of H-pyrrole nitrogens is 1. The monoisotopic (exact) mass is 430 g/mol. The normalized spacial score (nSPS) is 27.4. The summed E-state index contributed by atoms with van der Waals surface area (Å²) < 4.78 is 6.26. The highest BCUT2D eigenvalue weighted by Gasteiger charge is 2.56. The summed E-state index contributed by atoms with van der Waals surface area (Å²) in [5.41, 5.74) is 1.09. The van der Waals surface area contributed by atoms with Gasteiger partial charge in [-0.3, -0.25) is 4.79 Å². The number of benzene rings is 2. The van der Waals surface area contributed by atoms with Crippen LogP contribution in [0, 0.1) is 17.8 Å². The number of para-hydroxylation sites is 2. The number of hydrogen-bond donors (Lipinski definition) is 2. The van der Waals surface area contributed by atoms with E-state index in [4.69, 9.17) is 4.74 Å². The zero-order chi connectivity index (χ0) is 22.5. The van der Waals surface area contributed by atoms with Gasteiger partial charge in [-0.15, -0.1) is 0 Å². The zero-order valence-corrected chi connectivity index (χ0v) is 18.9. The minimum absolute atomic E-state index is 0.188. The molecule has 2 N–H and O–H groups in total. The van der Waals surface area contributed by atoms with Crippen LogP contribution in [0.2, 0.25) is 0 Å². The highest BCUT2D eigenvalue weighted by molar-refractivity contribution is 6.26. The number of aromatic amines is 1. The van der Waals surface area contributed by atoms with Crippen molar-refractivity contribution < 1.29 is 14.3 Å². The average molecular weight is 431 g/mol. The Bertz CT molecular complexity index is 1180. The third-order valence-electron chi connectivity index (χ3n) is 7.35. The first kappa shape index (κ1) is 20.8. The Balaban J connectivity index is 1.60. The van der Waals surface area contributed by atoms with Crippen LogP contribution in [0.1, 0.15) is 56.0 Å². The lowest BCUT2D eigenvalue weighted by molar-refractivity contribution is -0.159. The van der Waals surface area contributed by atoms with Gasteiger partial charge in [-0.2, -0.15) is 0 Å². The number of nitrogens with one attached hydrogen (secondary N) is 2. The Kier molecular flexibility index (Phi) is 5.07. The second-order valence-electron chi connectivity index (χ2n) is 9.77. The summed E-state index contributed by atoms with van der Waals surface area (Å²) in [6.07, 6.45) is 4.60. The summed E-state index contributed by atoms with van der Waals surface area (Å²) in [5.74, 6) is 0.445. The van der Waals surface area contributed by atoms with Crippen LogP contribution in [0.5, 0.6) is 0 Å². The van der Waals surface area contributed by atoms with Crippen LogP contribution in [0.15, 0.2) is 54.7 Å². The van der Waals surface area contributed by atoms with Gasteiger partial charge in [0.05, 0.1) is 0 Å². The number of carbonyl (C=O) groups excluding carboxylic acids is 2. The van der Waals surface area contributed by atoms with E-state index in [1.54, 1.807) is 12.3 Å². The second-order valence-corrected chi connectivity index (χ2v) is 9.77. The van der Waals surface area contributed by atoms with Crippen molar-refractivity contribution in [2.45, 2.75) is 51.7 Å².